The molecule has 0 unspecified atom stereocenters. The maximum Gasteiger partial charge on any atom is 0.235 e. The SMILES string of the molecule is BC1(B)CN(CC)CC(O)(O)N1. The molecule has 1 rings (SSSR count). The molecule has 68 valence electrons. The van der Waals surface area contributed by atoms with E-state index in [2.05, 4.69) is 5.32 Å². The number of hydrogen-bond acceptors (Lipinski definition) is 4. The molecule has 0 aromatic carbocycles. The van der Waals surface area contributed by atoms with Crippen LogP contribution >= 0.6 is 0 Å². The number of likely N-dealkylation sites (N-methyl/N-ethyl adjacent to an activating group) is 1. The van der Waals surface area contributed by atoms with Crippen molar-refractivity contribution < 1.29 is 10.2 Å². The minimum atomic E-state index is -1.74. The lowest BCUT2D eigenvalue weighted by Gasteiger charge is -2.45. The van der Waals surface area contributed by atoms with E-state index < -0.39 is 5.91 Å². The summed E-state index contributed by atoms with van der Waals surface area (Å²) in [7, 11) is 3.91. The van der Waals surface area contributed by atoms with Crippen LogP contribution in [0.3, 0.4) is 0 Å². The van der Waals surface area contributed by atoms with E-state index in [4.69, 9.17) is 0 Å². The maximum atomic E-state index is 9.41. The number of aliphatic hydroxyl groups is 2. The monoisotopic (exact) mass is 170 g/mol. The summed E-state index contributed by atoms with van der Waals surface area (Å²) in [4.78, 5) is 2.01. The highest BCUT2D eigenvalue weighted by atomic mass is 16.5. The van der Waals surface area contributed by atoms with Crippen molar-refractivity contribution in [3.05, 3.63) is 0 Å². The fourth-order valence-electron chi connectivity index (χ4n) is 1.77. The Labute approximate surface area is 74.8 Å². The molecule has 0 aromatic heterocycles. The molecule has 1 aliphatic heterocycles. The van der Waals surface area contributed by atoms with Crippen LogP contribution in [0.5, 0.6) is 0 Å². The van der Waals surface area contributed by atoms with Gasteiger partial charge in [-0.3, -0.25) is 10.2 Å². The van der Waals surface area contributed by atoms with Crippen LogP contribution < -0.4 is 5.32 Å². The summed E-state index contributed by atoms with van der Waals surface area (Å²) in [5.74, 6) is -1.74. The highest BCUT2D eigenvalue weighted by molar-refractivity contribution is 6.40. The molecule has 3 N–H and O–H groups in total. The van der Waals surface area contributed by atoms with Crippen molar-refractivity contribution in [2.24, 2.45) is 0 Å². The third kappa shape index (κ3) is 2.48. The van der Waals surface area contributed by atoms with Gasteiger partial charge in [-0.1, -0.05) is 6.92 Å². The summed E-state index contributed by atoms with van der Waals surface area (Å²) >= 11 is 0. The molecule has 1 heterocycles. The van der Waals surface area contributed by atoms with E-state index in [1.165, 1.54) is 0 Å². The number of piperazine rings is 1. The molecule has 0 spiro atoms. The van der Waals surface area contributed by atoms with Crippen molar-refractivity contribution in [1.29, 1.82) is 0 Å². The molecule has 0 bridgehead atoms. The first kappa shape index (κ1) is 10.1. The lowest BCUT2D eigenvalue weighted by atomic mass is 9.60. The van der Waals surface area contributed by atoms with Crippen LogP contribution in [-0.4, -0.2) is 61.7 Å². The quantitative estimate of drug-likeness (QED) is 0.282. The second kappa shape index (κ2) is 3.03. The summed E-state index contributed by atoms with van der Waals surface area (Å²) in [6, 6.07) is 0. The number of nitrogens with zero attached hydrogens (tertiary/aromatic N) is 1. The first-order chi connectivity index (χ1) is 5.35. The zero-order valence-electron chi connectivity index (χ0n) is 7.96. The summed E-state index contributed by atoms with van der Waals surface area (Å²) in [6.45, 7) is 3.96. The molecule has 0 atom stereocenters. The molecule has 0 radical (unpaired) electrons. The standard InChI is InChI=1S/C6H16B2N2O2/c1-2-10-3-5(7,8)9-6(11,12)4-10/h9,11-12H,2-4,7-8H2,1H3. The van der Waals surface area contributed by atoms with E-state index in [1.807, 2.05) is 27.5 Å². The molecule has 1 saturated heterocycles. The van der Waals surface area contributed by atoms with E-state index in [-0.39, 0.29) is 11.9 Å². The minimum absolute atomic E-state index is 0.238. The first-order valence-electron chi connectivity index (χ1n) is 4.31. The predicted octanol–water partition coefficient (Wildman–Crippen LogP) is -3.53. The lowest BCUT2D eigenvalue weighted by molar-refractivity contribution is -0.217. The Bertz CT molecular complexity index is 159. The minimum Gasteiger partial charge on any atom is -0.352 e. The van der Waals surface area contributed by atoms with Gasteiger partial charge in [-0.05, 0) is 11.9 Å². The number of rotatable bonds is 1. The van der Waals surface area contributed by atoms with Gasteiger partial charge in [0.05, 0.1) is 6.54 Å². The van der Waals surface area contributed by atoms with Crippen molar-refractivity contribution in [2.45, 2.75) is 18.2 Å². The van der Waals surface area contributed by atoms with Gasteiger partial charge in [-0.25, -0.2) is 0 Å². The van der Waals surface area contributed by atoms with Crippen molar-refractivity contribution in [1.82, 2.24) is 10.2 Å². The number of β-amino-alcohol motifs (C(OH)–C–C–N with tert-alkyl or cyclic N) is 2. The molecule has 0 amide bonds. The van der Waals surface area contributed by atoms with Gasteiger partial charge in [0.15, 0.2) is 0 Å². The fourth-order valence-corrected chi connectivity index (χ4v) is 1.77. The Morgan fingerprint density at radius 2 is 2.00 bits per heavy atom. The zero-order valence-corrected chi connectivity index (χ0v) is 7.96. The van der Waals surface area contributed by atoms with Crippen LogP contribution in [0.4, 0.5) is 0 Å². The average Bonchev–Trinajstić information content (AvgIpc) is 1.80. The Morgan fingerprint density at radius 3 is 2.42 bits per heavy atom. The van der Waals surface area contributed by atoms with E-state index in [0.717, 1.165) is 13.1 Å². The van der Waals surface area contributed by atoms with Crippen LogP contribution in [-0.2, 0) is 0 Å². The van der Waals surface area contributed by atoms with Crippen LogP contribution in [0.2, 0.25) is 0 Å². The maximum absolute atomic E-state index is 9.41. The van der Waals surface area contributed by atoms with E-state index in [1.54, 1.807) is 0 Å². The second-order valence-electron chi connectivity index (χ2n) is 4.13. The Morgan fingerprint density at radius 1 is 1.42 bits per heavy atom. The van der Waals surface area contributed by atoms with E-state index in [0.29, 0.717) is 0 Å². The molecular formula is C6H16B2N2O2. The van der Waals surface area contributed by atoms with Crippen molar-refractivity contribution >= 4 is 15.7 Å². The topological polar surface area (TPSA) is 55.7 Å². The van der Waals surface area contributed by atoms with Crippen LogP contribution in [0.1, 0.15) is 6.92 Å². The summed E-state index contributed by atoms with van der Waals surface area (Å²) in [5, 5.41) is 21.4. The Hall–Kier alpha value is -0.0301. The Balaban J connectivity index is 2.66. The van der Waals surface area contributed by atoms with Gasteiger partial charge in [0.1, 0.15) is 15.7 Å². The fraction of sp³-hybridized carbons (Fsp3) is 1.00. The molecule has 1 fully saturated rings. The smallest absolute Gasteiger partial charge is 0.235 e. The van der Waals surface area contributed by atoms with Gasteiger partial charge in [0.2, 0.25) is 5.91 Å². The average molecular weight is 170 g/mol. The van der Waals surface area contributed by atoms with E-state index in [9.17, 15) is 10.2 Å². The van der Waals surface area contributed by atoms with Gasteiger partial charge in [0, 0.05) is 6.54 Å². The first-order valence-corrected chi connectivity index (χ1v) is 4.31. The Kier molecular flexibility index (Phi) is 2.54. The summed E-state index contributed by atoms with van der Waals surface area (Å²) in [6.07, 6.45) is 0. The van der Waals surface area contributed by atoms with Crippen LogP contribution in [0.15, 0.2) is 0 Å². The second-order valence-corrected chi connectivity index (χ2v) is 4.13. The van der Waals surface area contributed by atoms with Crippen molar-refractivity contribution in [2.75, 3.05) is 19.6 Å². The molecule has 6 heteroatoms. The molecule has 0 aliphatic carbocycles. The van der Waals surface area contributed by atoms with Crippen molar-refractivity contribution in [3.8, 4) is 0 Å². The molecule has 4 nitrogen and oxygen atoms in total. The normalized spacial score (nSPS) is 28.6. The third-order valence-corrected chi connectivity index (χ3v) is 2.05. The number of hydrogen-bond donors (Lipinski definition) is 3. The van der Waals surface area contributed by atoms with Crippen molar-refractivity contribution in [3.63, 3.8) is 0 Å². The summed E-state index contributed by atoms with van der Waals surface area (Å²) < 4.78 is 0. The molecular weight excluding hydrogens is 154 g/mol. The highest BCUT2D eigenvalue weighted by Crippen LogP contribution is 2.12. The zero-order chi connectivity index (χ0) is 9.41. The third-order valence-electron chi connectivity index (χ3n) is 2.05. The van der Waals surface area contributed by atoms with Crippen LogP contribution in [0.25, 0.3) is 0 Å². The van der Waals surface area contributed by atoms with E-state index >= 15 is 0 Å². The molecule has 12 heavy (non-hydrogen) atoms. The highest BCUT2D eigenvalue weighted by Gasteiger charge is 2.38. The lowest BCUT2D eigenvalue weighted by Crippen LogP contribution is -2.72. The number of nitrogens with one attached hydrogen (secondary N) is 1. The summed E-state index contributed by atoms with van der Waals surface area (Å²) in [5.41, 5.74) is 0. The molecule has 1 aliphatic rings. The predicted molar refractivity (Wildman–Crippen MR) is 52.2 cm³/mol. The largest absolute Gasteiger partial charge is 0.352 e. The van der Waals surface area contributed by atoms with Gasteiger partial charge >= 0.3 is 0 Å². The van der Waals surface area contributed by atoms with Gasteiger partial charge in [-0.15, -0.1) is 0 Å². The van der Waals surface area contributed by atoms with Gasteiger partial charge < -0.3 is 10.2 Å². The molecule has 0 aromatic rings. The van der Waals surface area contributed by atoms with Gasteiger partial charge in [0.25, 0.3) is 0 Å². The van der Waals surface area contributed by atoms with Gasteiger partial charge in [-0.2, -0.15) is 0 Å². The molecule has 0 saturated carbocycles. The van der Waals surface area contributed by atoms with Crippen LogP contribution in [0, 0.1) is 0 Å².